The number of hydrogen-bond acceptors (Lipinski definition) is 5. The first kappa shape index (κ1) is 20.0. The molecule has 0 bridgehead atoms. The Morgan fingerprint density at radius 2 is 1.97 bits per heavy atom. The normalized spacial score (nSPS) is 14.1. The van der Waals surface area contributed by atoms with Crippen LogP contribution in [0.1, 0.15) is 31.7 Å². The van der Waals surface area contributed by atoms with Crippen LogP contribution in [0.5, 0.6) is 0 Å². The summed E-state index contributed by atoms with van der Waals surface area (Å²) in [4.78, 5) is 22.9. The van der Waals surface area contributed by atoms with E-state index in [1.165, 1.54) is 5.56 Å². The van der Waals surface area contributed by atoms with Crippen molar-refractivity contribution in [3.63, 3.8) is 0 Å². The molecule has 8 nitrogen and oxygen atoms in total. The smallest absolute Gasteiger partial charge is 0.321 e. The van der Waals surface area contributed by atoms with Crippen molar-refractivity contribution >= 4 is 28.9 Å². The molecule has 1 aliphatic rings. The predicted octanol–water partition coefficient (Wildman–Crippen LogP) is 4.58. The van der Waals surface area contributed by atoms with Crippen LogP contribution in [-0.2, 0) is 0 Å². The molecule has 0 saturated carbocycles. The van der Waals surface area contributed by atoms with E-state index >= 15 is 0 Å². The highest BCUT2D eigenvalue weighted by Crippen LogP contribution is 2.26. The van der Waals surface area contributed by atoms with E-state index in [4.69, 9.17) is 4.98 Å². The summed E-state index contributed by atoms with van der Waals surface area (Å²) >= 11 is 0. The van der Waals surface area contributed by atoms with Gasteiger partial charge in [-0.05, 0) is 54.8 Å². The Bertz CT molecular complexity index is 1260. The molecule has 2 amide bonds. The highest BCUT2D eigenvalue weighted by Gasteiger charge is 2.18. The standard InChI is InChI=1S/C24H25N7O/c1-16(2)20-15-27-31-13-9-17(14-22(20)31)21-8-11-25-23(29-21)28-18-4-6-19(7-5-18)30-12-3-10-26-24(30)32/h4-9,11,13-16H,3,10,12H2,1-2H3,(H,26,32)(H,25,28,29). The number of benzene rings is 1. The lowest BCUT2D eigenvalue weighted by atomic mass is 10.0. The van der Waals surface area contributed by atoms with Gasteiger partial charge in [-0.25, -0.2) is 19.3 Å². The molecule has 3 aromatic heterocycles. The largest absolute Gasteiger partial charge is 0.338 e. The maximum Gasteiger partial charge on any atom is 0.321 e. The van der Waals surface area contributed by atoms with Gasteiger partial charge in [-0.3, -0.25) is 4.90 Å². The Kier molecular flexibility index (Phi) is 5.18. The fourth-order valence-electron chi connectivity index (χ4n) is 3.91. The summed E-state index contributed by atoms with van der Waals surface area (Å²) in [7, 11) is 0. The van der Waals surface area contributed by atoms with Gasteiger partial charge in [0, 0.05) is 48.0 Å². The fraction of sp³-hybridized carbons (Fsp3) is 0.250. The second-order valence-electron chi connectivity index (χ2n) is 8.17. The Hall–Kier alpha value is -3.94. The number of nitrogens with zero attached hydrogens (tertiary/aromatic N) is 5. The van der Waals surface area contributed by atoms with Crippen LogP contribution < -0.4 is 15.5 Å². The van der Waals surface area contributed by atoms with Crippen LogP contribution in [-0.4, -0.2) is 38.7 Å². The summed E-state index contributed by atoms with van der Waals surface area (Å²) in [5.74, 6) is 0.910. The van der Waals surface area contributed by atoms with Gasteiger partial charge in [0.1, 0.15) is 0 Å². The molecular formula is C24H25N7O. The zero-order valence-corrected chi connectivity index (χ0v) is 18.1. The van der Waals surface area contributed by atoms with Gasteiger partial charge in [-0.1, -0.05) is 13.8 Å². The third-order valence-electron chi connectivity index (χ3n) is 5.64. The number of carbonyl (C=O) groups excluding carboxylic acids is 1. The van der Waals surface area contributed by atoms with E-state index in [-0.39, 0.29) is 6.03 Å². The molecule has 0 aliphatic carbocycles. The molecule has 0 spiro atoms. The average Bonchev–Trinajstić information content (AvgIpc) is 3.24. The molecule has 162 valence electrons. The van der Waals surface area contributed by atoms with Crippen molar-refractivity contribution < 1.29 is 4.79 Å². The van der Waals surface area contributed by atoms with Crippen molar-refractivity contribution in [2.75, 3.05) is 23.3 Å². The van der Waals surface area contributed by atoms with Crippen LogP contribution in [0.3, 0.4) is 0 Å². The van der Waals surface area contributed by atoms with Crippen LogP contribution in [0, 0.1) is 0 Å². The van der Waals surface area contributed by atoms with Gasteiger partial charge >= 0.3 is 6.03 Å². The maximum absolute atomic E-state index is 12.0. The molecule has 0 unspecified atom stereocenters. The lowest BCUT2D eigenvalue weighted by molar-refractivity contribution is 0.243. The Morgan fingerprint density at radius 1 is 1.12 bits per heavy atom. The second kappa shape index (κ2) is 8.30. The summed E-state index contributed by atoms with van der Waals surface area (Å²) in [6.45, 7) is 5.79. The van der Waals surface area contributed by atoms with Gasteiger partial charge in [0.25, 0.3) is 0 Å². The van der Waals surface area contributed by atoms with E-state index in [2.05, 4.69) is 40.6 Å². The molecule has 1 fully saturated rings. The molecule has 8 heteroatoms. The third kappa shape index (κ3) is 3.87. The number of rotatable bonds is 5. The molecule has 1 aromatic carbocycles. The van der Waals surface area contributed by atoms with Crippen molar-refractivity contribution in [3.05, 3.63) is 66.6 Å². The number of pyridine rings is 1. The summed E-state index contributed by atoms with van der Waals surface area (Å²) in [5.41, 5.74) is 5.87. The Balaban J connectivity index is 1.37. The number of urea groups is 1. The van der Waals surface area contributed by atoms with Crippen LogP contribution in [0.4, 0.5) is 22.1 Å². The quantitative estimate of drug-likeness (QED) is 0.487. The molecule has 4 aromatic rings. The van der Waals surface area contributed by atoms with E-state index in [0.717, 1.165) is 47.7 Å². The molecule has 0 atom stereocenters. The molecule has 0 radical (unpaired) electrons. The van der Waals surface area contributed by atoms with Crippen LogP contribution in [0.15, 0.2) is 61.1 Å². The van der Waals surface area contributed by atoms with Crippen molar-refractivity contribution in [3.8, 4) is 11.3 Å². The maximum atomic E-state index is 12.0. The average molecular weight is 428 g/mol. The van der Waals surface area contributed by atoms with Gasteiger partial charge in [0.2, 0.25) is 5.95 Å². The second-order valence-corrected chi connectivity index (χ2v) is 8.17. The summed E-state index contributed by atoms with van der Waals surface area (Å²) in [6.07, 6.45) is 6.58. The first-order chi connectivity index (χ1) is 15.6. The molecule has 1 aliphatic heterocycles. The molecule has 4 heterocycles. The van der Waals surface area contributed by atoms with Crippen molar-refractivity contribution in [1.29, 1.82) is 0 Å². The minimum atomic E-state index is -0.0521. The number of fused-ring (bicyclic) bond motifs is 1. The van der Waals surface area contributed by atoms with E-state index in [1.807, 2.05) is 53.3 Å². The highest BCUT2D eigenvalue weighted by molar-refractivity contribution is 5.92. The van der Waals surface area contributed by atoms with E-state index in [9.17, 15) is 4.79 Å². The number of carbonyl (C=O) groups is 1. The van der Waals surface area contributed by atoms with Gasteiger partial charge in [-0.15, -0.1) is 0 Å². The third-order valence-corrected chi connectivity index (χ3v) is 5.64. The van der Waals surface area contributed by atoms with Gasteiger partial charge in [0.15, 0.2) is 0 Å². The molecule has 2 N–H and O–H groups in total. The number of aromatic nitrogens is 4. The van der Waals surface area contributed by atoms with Crippen molar-refractivity contribution in [1.82, 2.24) is 24.9 Å². The number of nitrogens with one attached hydrogen (secondary N) is 2. The van der Waals surface area contributed by atoms with Gasteiger partial charge in [0.05, 0.1) is 17.4 Å². The first-order valence-electron chi connectivity index (χ1n) is 10.8. The van der Waals surface area contributed by atoms with Crippen molar-refractivity contribution in [2.45, 2.75) is 26.2 Å². The molecule has 32 heavy (non-hydrogen) atoms. The first-order valence-corrected chi connectivity index (χ1v) is 10.8. The predicted molar refractivity (Wildman–Crippen MR) is 125 cm³/mol. The summed E-state index contributed by atoms with van der Waals surface area (Å²) in [6, 6.07) is 13.7. The molecule has 5 rings (SSSR count). The van der Waals surface area contributed by atoms with Crippen LogP contribution in [0.2, 0.25) is 0 Å². The summed E-state index contributed by atoms with van der Waals surface area (Å²) in [5, 5.41) is 10.6. The van der Waals surface area contributed by atoms with Crippen LogP contribution in [0.25, 0.3) is 16.8 Å². The van der Waals surface area contributed by atoms with Gasteiger partial charge < -0.3 is 10.6 Å². The zero-order chi connectivity index (χ0) is 22.1. The Labute approximate surface area is 186 Å². The zero-order valence-electron chi connectivity index (χ0n) is 18.1. The fourth-order valence-corrected chi connectivity index (χ4v) is 3.91. The number of hydrogen-bond donors (Lipinski definition) is 2. The molecular weight excluding hydrogens is 402 g/mol. The van der Waals surface area contributed by atoms with E-state index in [0.29, 0.717) is 11.9 Å². The SMILES string of the molecule is CC(C)c1cnn2ccc(-c3ccnc(Nc4ccc(N5CCCNC5=O)cc4)n3)cc12. The lowest BCUT2D eigenvalue weighted by Crippen LogP contribution is -2.46. The highest BCUT2D eigenvalue weighted by atomic mass is 16.2. The minimum absolute atomic E-state index is 0.0521. The monoisotopic (exact) mass is 427 g/mol. The van der Waals surface area contributed by atoms with Gasteiger partial charge in [-0.2, -0.15) is 5.10 Å². The van der Waals surface area contributed by atoms with Crippen molar-refractivity contribution in [2.24, 2.45) is 0 Å². The van der Waals surface area contributed by atoms with E-state index in [1.54, 1.807) is 11.1 Å². The lowest BCUT2D eigenvalue weighted by Gasteiger charge is -2.27. The van der Waals surface area contributed by atoms with Crippen LogP contribution >= 0.6 is 0 Å². The minimum Gasteiger partial charge on any atom is -0.338 e. The number of amides is 2. The topological polar surface area (TPSA) is 87.5 Å². The Morgan fingerprint density at radius 3 is 2.75 bits per heavy atom. The summed E-state index contributed by atoms with van der Waals surface area (Å²) < 4.78 is 1.89. The number of anilines is 3. The molecule has 1 saturated heterocycles. The van der Waals surface area contributed by atoms with E-state index < -0.39 is 0 Å².